The summed E-state index contributed by atoms with van der Waals surface area (Å²) in [4.78, 5) is 0. The lowest BCUT2D eigenvalue weighted by Gasteiger charge is -2.26. The number of para-hydroxylation sites is 3. The summed E-state index contributed by atoms with van der Waals surface area (Å²) < 4.78 is 2.53. The molecule has 1 heterocycles. The van der Waals surface area contributed by atoms with Gasteiger partial charge in [-0.2, -0.15) is 0 Å². The van der Waals surface area contributed by atoms with Crippen LogP contribution in [-0.2, 0) is 22.7 Å². The normalized spacial score (nSPS) is 13.0. The highest BCUT2D eigenvalue weighted by atomic mass is 15.0. The Hall–Kier alpha value is -3.32. The molecular weight excluding hydrogens is 458 g/mol. The highest BCUT2D eigenvalue weighted by molar-refractivity contribution is 6.10. The summed E-state index contributed by atoms with van der Waals surface area (Å²) in [7, 11) is 0. The zero-order valence-corrected chi connectivity index (χ0v) is 24.7. The second kappa shape index (κ2) is 9.16. The molecule has 196 valence electrons. The average Bonchev–Trinajstić information content (AvgIpc) is 3.18. The third kappa shape index (κ3) is 4.80. The Morgan fingerprint density at radius 3 is 1.76 bits per heavy atom. The maximum atomic E-state index is 2.53. The molecule has 0 N–H and O–H groups in total. The van der Waals surface area contributed by atoms with E-state index in [-0.39, 0.29) is 16.2 Å². The molecule has 1 heteroatoms. The topological polar surface area (TPSA) is 4.93 Å². The van der Waals surface area contributed by atoms with E-state index in [1.54, 1.807) is 0 Å². The molecule has 0 atom stereocenters. The first kappa shape index (κ1) is 26.3. The van der Waals surface area contributed by atoms with Crippen molar-refractivity contribution < 1.29 is 0 Å². The van der Waals surface area contributed by atoms with E-state index in [2.05, 4.69) is 152 Å². The van der Waals surface area contributed by atoms with Crippen molar-refractivity contribution in [3.63, 3.8) is 0 Å². The summed E-state index contributed by atoms with van der Waals surface area (Å²) in [5, 5.41) is 2.64. The molecule has 4 aromatic carbocycles. The molecular formula is C37H43N. The van der Waals surface area contributed by atoms with Crippen LogP contribution in [0.15, 0.2) is 84.9 Å². The number of nitrogens with zero attached hydrogens (tertiary/aromatic N) is 1. The van der Waals surface area contributed by atoms with Gasteiger partial charge in [-0.3, -0.25) is 0 Å². The van der Waals surface area contributed by atoms with Gasteiger partial charge in [0.05, 0.1) is 11.0 Å². The smallest absolute Gasteiger partial charge is 0.0576 e. The highest BCUT2D eigenvalue weighted by Gasteiger charge is 2.24. The summed E-state index contributed by atoms with van der Waals surface area (Å²) in [5.41, 5.74) is 11.0. The van der Waals surface area contributed by atoms with Crippen LogP contribution in [0.25, 0.3) is 27.5 Å². The Balaban J connectivity index is 1.80. The van der Waals surface area contributed by atoms with Crippen molar-refractivity contribution in [3.05, 3.63) is 113 Å². The lowest BCUT2D eigenvalue weighted by molar-refractivity contribution is 0.567. The molecule has 0 amide bonds. The first-order valence-corrected chi connectivity index (χ1v) is 14.0. The fourth-order valence-corrected chi connectivity index (χ4v) is 5.67. The number of benzene rings is 4. The van der Waals surface area contributed by atoms with Crippen molar-refractivity contribution >= 4 is 21.8 Å². The fourth-order valence-electron chi connectivity index (χ4n) is 5.67. The van der Waals surface area contributed by atoms with Crippen LogP contribution in [0, 0.1) is 0 Å². The lowest BCUT2D eigenvalue weighted by Crippen LogP contribution is -2.17. The summed E-state index contributed by atoms with van der Waals surface area (Å²) in [5.74, 6) is 0. The van der Waals surface area contributed by atoms with Gasteiger partial charge < -0.3 is 4.57 Å². The summed E-state index contributed by atoms with van der Waals surface area (Å²) in [6, 6.07) is 32.0. The number of fused-ring (bicyclic) bond motifs is 3. The van der Waals surface area contributed by atoms with E-state index in [1.165, 1.54) is 55.3 Å². The number of rotatable bonds is 3. The van der Waals surface area contributed by atoms with Gasteiger partial charge >= 0.3 is 0 Å². The minimum Gasteiger partial charge on any atom is -0.309 e. The maximum Gasteiger partial charge on any atom is 0.0576 e. The molecule has 5 rings (SSSR count). The molecule has 0 fully saturated rings. The Bertz CT molecular complexity index is 1590. The van der Waals surface area contributed by atoms with Gasteiger partial charge in [-0.15, -0.1) is 0 Å². The first-order chi connectivity index (χ1) is 17.7. The van der Waals surface area contributed by atoms with E-state index in [0.717, 1.165) is 6.42 Å². The third-order valence-electron chi connectivity index (χ3n) is 7.85. The lowest BCUT2D eigenvalue weighted by atomic mass is 9.79. The first-order valence-electron chi connectivity index (χ1n) is 14.0. The second-order valence-corrected chi connectivity index (χ2v) is 14.0. The van der Waals surface area contributed by atoms with Gasteiger partial charge in [0.15, 0.2) is 0 Å². The van der Waals surface area contributed by atoms with Crippen LogP contribution in [0.2, 0.25) is 0 Å². The van der Waals surface area contributed by atoms with Crippen LogP contribution in [0.5, 0.6) is 0 Å². The number of aromatic nitrogens is 1. The summed E-state index contributed by atoms with van der Waals surface area (Å²) in [6.07, 6.45) is 0.901. The number of hydrogen-bond acceptors (Lipinski definition) is 0. The standard InChI is InChI=1S/C37H43N/c1-35(2,3)27-22-25(23-28(24-27)36(4,5)6)21-26-15-14-17-30-29-16-10-12-19-32(29)38(34(26)30)33-20-13-11-18-31(33)37(7,8)9/h10-20,22-24H,21H2,1-9H3. The van der Waals surface area contributed by atoms with Crippen molar-refractivity contribution in [3.8, 4) is 5.69 Å². The van der Waals surface area contributed by atoms with Crippen LogP contribution < -0.4 is 0 Å². The monoisotopic (exact) mass is 501 g/mol. The Labute approximate surface area is 229 Å². The minimum atomic E-state index is 0.0336. The average molecular weight is 502 g/mol. The molecule has 1 nitrogen and oxygen atoms in total. The van der Waals surface area contributed by atoms with Crippen molar-refractivity contribution in [1.82, 2.24) is 4.57 Å². The SMILES string of the molecule is CC(C)(C)c1cc(Cc2cccc3c4ccccc4n(-c4ccccc4C(C)(C)C)c23)cc(C(C)(C)C)c1. The van der Waals surface area contributed by atoms with Crippen LogP contribution >= 0.6 is 0 Å². The molecule has 0 radical (unpaired) electrons. The highest BCUT2D eigenvalue weighted by Crippen LogP contribution is 2.39. The van der Waals surface area contributed by atoms with Gasteiger partial charge in [-0.05, 0) is 62.6 Å². The predicted molar refractivity (Wildman–Crippen MR) is 166 cm³/mol. The molecule has 0 saturated heterocycles. The largest absolute Gasteiger partial charge is 0.309 e. The Morgan fingerprint density at radius 2 is 1.13 bits per heavy atom. The molecule has 0 unspecified atom stereocenters. The van der Waals surface area contributed by atoms with Crippen LogP contribution in [-0.4, -0.2) is 4.57 Å². The van der Waals surface area contributed by atoms with E-state index in [1.807, 2.05) is 0 Å². The van der Waals surface area contributed by atoms with Gasteiger partial charge in [0, 0.05) is 16.5 Å². The van der Waals surface area contributed by atoms with E-state index < -0.39 is 0 Å². The number of hydrogen-bond donors (Lipinski definition) is 0. The maximum absolute atomic E-state index is 2.53. The fraction of sp³-hybridized carbons (Fsp3) is 0.351. The van der Waals surface area contributed by atoms with Crippen molar-refractivity contribution in [2.24, 2.45) is 0 Å². The quantitative estimate of drug-likeness (QED) is 0.232. The molecule has 0 bridgehead atoms. The molecule has 1 aromatic heterocycles. The van der Waals surface area contributed by atoms with E-state index in [0.29, 0.717) is 0 Å². The van der Waals surface area contributed by atoms with Crippen LogP contribution in [0.1, 0.15) is 90.1 Å². The van der Waals surface area contributed by atoms with Crippen LogP contribution in [0.3, 0.4) is 0 Å². The third-order valence-corrected chi connectivity index (χ3v) is 7.85. The molecule has 0 aliphatic carbocycles. The zero-order chi connectivity index (χ0) is 27.5. The van der Waals surface area contributed by atoms with Gasteiger partial charge in [-0.1, -0.05) is 135 Å². The van der Waals surface area contributed by atoms with E-state index in [4.69, 9.17) is 0 Å². The van der Waals surface area contributed by atoms with E-state index in [9.17, 15) is 0 Å². The molecule has 0 aliphatic rings. The summed E-state index contributed by atoms with van der Waals surface area (Å²) in [6.45, 7) is 20.9. The molecule has 0 aliphatic heterocycles. The zero-order valence-electron chi connectivity index (χ0n) is 24.7. The molecule has 0 spiro atoms. The Morgan fingerprint density at radius 1 is 0.553 bits per heavy atom. The van der Waals surface area contributed by atoms with Gasteiger partial charge in [-0.25, -0.2) is 0 Å². The minimum absolute atomic E-state index is 0.0336. The van der Waals surface area contributed by atoms with Gasteiger partial charge in [0.2, 0.25) is 0 Å². The van der Waals surface area contributed by atoms with Crippen molar-refractivity contribution in [2.45, 2.75) is 85.0 Å². The second-order valence-electron chi connectivity index (χ2n) is 14.0. The van der Waals surface area contributed by atoms with Gasteiger partial charge in [0.1, 0.15) is 0 Å². The summed E-state index contributed by atoms with van der Waals surface area (Å²) >= 11 is 0. The molecule has 38 heavy (non-hydrogen) atoms. The molecule has 0 saturated carbocycles. The van der Waals surface area contributed by atoms with Crippen molar-refractivity contribution in [2.75, 3.05) is 0 Å². The van der Waals surface area contributed by atoms with Gasteiger partial charge in [0.25, 0.3) is 0 Å². The van der Waals surface area contributed by atoms with E-state index >= 15 is 0 Å². The predicted octanol–water partition coefficient (Wildman–Crippen LogP) is 10.3. The molecule has 5 aromatic rings. The van der Waals surface area contributed by atoms with Crippen LogP contribution in [0.4, 0.5) is 0 Å². The van der Waals surface area contributed by atoms with Crippen molar-refractivity contribution in [1.29, 1.82) is 0 Å². The Kier molecular flexibility index (Phi) is 6.33.